The summed E-state index contributed by atoms with van der Waals surface area (Å²) in [6.45, 7) is 7.83. The topological polar surface area (TPSA) is 51.6 Å². The van der Waals surface area contributed by atoms with Crippen LogP contribution in [0.1, 0.15) is 37.8 Å². The fourth-order valence-electron chi connectivity index (χ4n) is 3.43. The van der Waals surface area contributed by atoms with Gasteiger partial charge in [-0.1, -0.05) is 26.0 Å². The summed E-state index contributed by atoms with van der Waals surface area (Å²) in [5.74, 6) is -0.205. The van der Waals surface area contributed by atoms with Crippen LogP contribution in [-0.4, -0.2) is 29.4 Å². The van der Waals surface area contributed by atoms with E-state index in [1.165, 1.54) is 6.07 Å². The van der Waals surface area contributed by atoms with Gasteiger partial charge in [0.2, 0.25) is 0 Å². The fraction of sp³-hybridized carbons (Fsp3) is 0.318. The summed E-state index contributed by atoms with van der Waals surface area (Å²) in [5.41, 5.74) is 3.65. The van der Waals surface area contributed by atoms with Crippen molar-refractivity contribution in [2.24, 2.45) is 4.99 Å². The van der Waals surface area contributed by atoms with Crippen molar-refractivity contribution in [1.82, 2.24) is 4.98 Å². The number of benzene rings is 2. The predicted octanol–water partition coefficient (Wildman–Crippen LogP) is 5.70. The molecule has 2 N–H and O–H groups in total. The molecular weight excluding hydrogens is 341 g/mol. The van der Waals surface area contributed by atoms with E-state index in [9.17, 15) is 9.50 Å². The molecule has 0 saturated heterocycles. The Morgan fingerprint density at radius 3 is 2.56 bits per heavy atom. The van der Waals surface area contributed by atoms with Gasteiger partial charge in [-0.25, -0.2) is 4.39 Å². The summed E-state index contributed by atoms with van der Waals surface area (Å²) in [6.07, 6.45) is 3.53. The van der Waals surface area contributed by atoms with Crippen molar-refractivity contribution in [3.05, 3.63) is 53.3 Å². The lowest BCUT2D eigenvalue weighted by molar-refractivity contribution is 0.457. The number of hydrogen-bond donors (Lipinski definition) is 2. The molecule has 2 aromatic carbocycles. The van der Waals surface area contributed by atoms with E-state index in [1.54, 1.807) is 12.3 Å². The number of anilines is 1. The van der Waals surface area contributed by atoms with E-state index in [2.05, 4.69) is 28.7 Å². The summed E-state index contributed by atoms with van der Waals surface area (Å²) in [7, 11) is 0. The molecule has 3 aromatic rings. The van der Waals surface area contributed by atoms with Crippen molar-refractivity contribution < 1.29 is 9.50 Å². The molecule has 3 rings (SSSR count). The number of aliphatic imine (C=N–C) groups is 1. The summed E-state index contributed by atoms with van der Waals surface area (Å²) in [6, 6.07) is 10.9. The standard InChI is InChI=1S/C22H26FN3O/c1-4-11-26(12-5-2)20-10-9-16(13-18(20)23)24-14-17-21-15(3)7-6-8-19(21)25-22(17)27/h6-10,13-14,25,27H,4-5,11-12H2,1-3H3. The number of rotatable bonds is 7. The van der Waals surface area contributed by atoms with Crippen LogP contribution in [0.3, 0.4) is 0 Å². The molecule has 142 valence electrons. The van der Waals surface area contributed by atoms with E-state index in [4.69, 9.17) is 0 Å². The van der Waals surface area contributed by atoms with E-state index < -0.39 is 0 Å². The molecule has 0 atom stereocenters. The Morgan fingerprint density at radius 1 is 1.15 bits per heavy atom. The molecule has 0 aliphatic heterocycles. The van der Waals surface area contributed by atoms with Crippen molar-refractivity contribution in [3.63, 3.8) is 0 Å². The molecule has 27 heavy (non-hydrogen) atoms. The molecule has 0 fully saturated rings. The number of nitrogens with zero attached hydrogens (tertiary/aromatic N) is 2. The van der Waals surface area contributed by atoms with Gasteiger partial charge in [-0.05, 0) is 43.5 Å². The third kappa shape index (κ3) is 3.97. The Bertz CT molecular complexity index is 956. The number of halogens is 1. The molecular formula is C22H26FN3O. The quantitative estimate of drug-likeness (QED) is 0.526. The molecule has 1 heterocycles. The maximum absolute atomic E-state index is 14.6. The van der Waals surface area contributed by atoms with E-state index in [0.717, 1.165) is 42.4 Å². The molecule has 0 unspecified atom stereocenters. The first-order valence-corrected chi connectivity index (χ1v) is 9.44. The van der Waals surface area contributed by atoms with Gasteiger partial charge in [-0.15, -0.1) is 0 Å². The average Bonchev–Trinajstić information content (AvgIpc) is 2.96. The lowest BCUT2D eigenvalue weighted by atomic mass is 10.1. The first kappa shape index (κ1) is 19.0. The minimum Gasteiger partial charge on any atom is -0.494 e. The first-order chi connectivity index (χ1) is 13.0. The highest BCUT2D eigenvalue weighted by molar-refractivity contribution is 6.04. The minimum absolute atomic E-state index is 0.0669. The van der Waals surface area contributed by atoms with Crippen LogP contribution in [0.5, 0.6) is 5.88 Å². The number of aromatic hydroxyl groups is 1. The zero-order valence-electron chi connectivity index (χ0n) is 16.1. The van der Waals surface area contributed by atoms with E-state index in [-0.39, 0.29) is 11.7 Å². The Labute approximate surface area is 159 Å². The van der Waals surface area contributed by atoms with Gasteiger partial charge in [0.1, 0.15) is 5.82 Å². The van der Waals surface area contributed by atoms with E-state index in [1.807, 2.05) is 31.2 Å². The summed E-state index contributed by atoms with van der Waals surface area (Å²) in [4.78, 5) is 9.41. The lowest BCUT2D eigenvalue weighted by Crippen LogP contribution is -2.25. The summed E-state index contributed by atoms with van der Waals surface area (Å²) in [5, 5.41) is 11.1. The zero-order chi connectivity index (χ0) is 19.4. The van der Waals surface area contributed by atoms with Crippen LogP contribution in [0, 0.1) is 12.7 Å². The first-order valence-electron chi connectivity index (χ1n) is 9.44. The maximum atomic E-state index is 14.6. The number of hydrogen-bond acceptors (Lipinski definition) is 3. The average molecular weight is 367 g/mol. The number of fused-ring (bicyclic) bond motifs is 1. The molecule has 4 nitrogen and oxygen atoms in total. The molecule has 1 aromatic heterocycles. The van der Waals surface area contributed by atoms with Crippen molar-refractivity contribution in [3.8, 4) is 5.88 Å². The third-order valence-corrected chi connectivity index (χ3v) is 4.65. The predicted molar refractivity (Wildman–Crippen MR) is 111 cm³/mol. The van der Waals surface area contributed by atoms with Gasteiger partial charge in [-0.2, -0.15) is 0 Å². The molecule has 0 aliphatic rings. The molecule has 0 aliphatic carbocycles. The third-order valence-electron chi connectivity index (χ3n) is 4.65. The Hall–Kier alpha value is -2.82. The van der Waals surface area contributed by atoms with Crippen LogP contribution in [0.15, 0.2) is 41.4 Å². The largest absolute Gasteiger partial charge is 0.494 e. The number of H-pyrrole nitrogens is 1. The molecule has 0 saturated carbocycles. The number of aryl methyl sites for hydroxylation is 1. The Kier molecular flexibility index (Phi) is 5.79. The SMILES string of the molecule is CCCN(CCC)c1ccc(N=Cc2c(O)[nH]c3cccc(C)c23)cc1F. The van der Waals surface area contributed by atoms with Gasteiger partial charge < -0.3 is 15.0 Å². The smallest absolute Gasteiger partial charge is 0.198 e. The van der Waals surface area contributed by atoms with Crippen LogP contribution in [-0.2, 0) is 0 Å². The second-order valence-electron chi connectivity index (χ2n) is 6.77. The highest BCUT2D eigenvalue weighted by Crippen LogP contribution is 2.30. The van der Waals surface area contributed by atoms with Crippen LogP contribution in [0.4, 0.5) is 15.8 Å². The fourth-order valence-corrected chi connectivity index (χ4v) is 3.43. The van der Waals surface area contributed by atoms with Crippen molar-refractivity contribution in [2.75, 3.05) is 18.0 Å². The van der Waals surface area contributed by atoms with Crippen LogP contribution < -0.4 is 4.90 Å². The van der Waals surface area contributed by atoms with Gasteiger partial charge in [0.25, 0.3) is 0 Å². The highest BCUT2D eigenvalue weighted by Gasteiger charge is 2.12. The number of nitrogens with one attached hydrogen (secondary N) is 1. The van der Waals surface area contributed by atoms with Crippen LogP contribution in [0.2, 0.25) is 0 Å². The number of aromatic amines is 1. The molecule has 0 spiro atoms. The lowest BCUT2D eigenvalue weighted by Gasteiger charge is -2.24. The summed E-state index contributed by atoms with van der Waals surface area (Å²) >= 11 is 0. The molecule has 0 amide bonds. The normalized spacial score (nSPS) is 11.6. The Morgan fingerprint density at radius 2 is 1.89 bits per heavy atom. The van der Waals surface area contributed by atoms with Crippen molar-refractivity contribution in [2.45, 2.75) is 33.6 Å². The number of aromatic nitrogens is 1. The van der Waals surface area contributed by atoms with Gasteiger partial charge in [-0.3, -0.25) is 4.99 Å². The molecule has 0 bridgehead atoms. The second-order valence-corrected chi connectivity index (χ2v) is 6.77. The van der Waals surface area contributed by atoms with Gasteiger partial charge in [0.05, 0.1) is 16.9 Å². The van der Waals surface area contributed by atoms with Gasteiger partial charge in [0, 0.05) is 36.3 Å². The minimum atomic E-state index is -0.272. The zero-order valence-corrected chi connectivity index (χ0v) is 16.1. The van der Waals surface area contributed by atoms with Crippen LogP contribution >= 0.6 is 0 Å². The maximum Gasteiger partial charge on any atom is 0.198 e. The highest BCUT2D eigenvalue weighted by atomic mass is 19.1. The van der Waals surface area contributed by atoms with E-state index >= 15 is 0 Å². The molecule has 0 radical (unpaired) electrons. The monoisotopic (exact) mass is 367 g/mol. The van der Waals surface area contributed by atoms with Gasteiger partial charge >= 0.3 is 0 Å². The second kappa shape index (κ2) is 8.25. The Balaban J connectivity index is 1.91. The van der Waals surface area contributed by atoms with Crippen LogP contribution in [0.25, 0.3) is 10.9 Å². The molecule has 5 heteroatoms. The van der Waals surface area contributed by atoms with Crippen molar-refractivity contribution in [1.29, 1.82) is 0 Å². The van der Waals surface area contributed by atoms with Gasteiger partial charge in [0.15, 0.2) is 5.88 Å². The van der Waals surface area contributed by atoms with E-state index in [0.29, 0.717) is 16.9 Å². The van der Waals surface area contributed by atoms with Crippen molar-refractivity contribution >= 4 is 28.5 Å². The summed E-state index contributed by atoms with van der Waals surface area (Å²) < 4.78 is 14.6.